The van der Waals surface area contributed by atoms with Crippen molar-refractivity contribution in [2.45, 2.75) is 57.5 Å². The van der Waals surface area contributed by atoms with Gasteiger partial charge in [-0.25, -0.2) is 4.98 Å². The van der Waals surface area contributed by atoms with Crippen LogP contribution >= 0.6 is 0 Å². The van der Waals surface area contributed by atoms with Crippen molar-refractivity contribution in [2.75, 3.05) is 19.6 Å². The lowest BCUT2D eigenvalue weighted by Gasteiger charge is -2.31. The van der Waals surface area contributed by atoms with E-state index in [1.807, 2.05) is 4.68 Å². The van der Waals surface area contributed by atoms with E-state index in [2.05, 4.69) is 29.7 Å². The topological polar surface area (TPSA) is 64.7 Å². The number of rotatable bonds is 4. The lowest BCUT2D eigenvalue weighted by molar-refractivity contribution is 0.198. The van der Waals surface area contributed by atoms with Crippen molar-refractivity contribution in [1.82, 2.24) is 34.4 Å². The Balaban J connectivity index is 1.33. The summed E-state index contributed by atoms with van der Waals surface area (Å²) in [6.07, 6.45) is 10.7. The SMILES string of the molecule is c1ncn(CCN2CCC(c3nnc4n3CCCCC4)CC2)n1. The number of piperidine rings is 1. The minimum atomic E-state index is 0.581. The summed E-state index contributed by atoms with van der Waals surface area (Å²) in [7, 11) is 0. The highest BCUT2D eigenvalue weighted by molar-refractivity contribution is 5.05. The summed E-state index contributed by atoms with van der Waals surface area (Å²) in [5.74, 6) is 3.04. The minimum Gasteiger partial charge on any atom is -0.315 e. The van der Waals surface area contributed by atoms with Gasteiger partial charge in [-0.15, -0.1) is 10.2 Å². The van der Waals surface area contributed by atoms with E-state index in [1.165, 1.54) is 43.8 Å². The highest BCUT2D eigenvalue weighted by Gasteiger charge is 2.26. The molecule has 0 spiro atoms. The minimum absolute atomic E-state index is 0.581. The Morgan fingerprint density at radius 3 is 2.74 bits per heavy atom. The molecule has 7 nitrogen and oxygen atoms in total. The monoisotopic (exact) mass is 315 g/mol. The van der Waals surface area contributed by atoms with Crippen LogP contribution in [0.5, 0.6) is 0 Å². The lowest BCUT2D eigenvalue weighted by atomic mass is 9.96. The van der Waals surface area contributed by atoms with Gasteiger partial charge in [0.15, 0.2) is 0 Å². The first kappa shape index (κ1) is 14.8. The Morgan fingerprint density at radius 2 is 1.91 bits per heavy atom. The second-order valence-electron chi connectivity index (χ2n) is 6.71. The van der Waals surface area contributed by atoms with Gasteiger partial charge >= 0.3 is 0 Å². The van der Waals surface area contributed by atoms with Gasteiger partial charge in [0.25, 0.3) is 0 Å². The molecule has 23 heavy (non-hydrogen) atoms. The molecule has 1 saturated heterocycles. The van der Waals surface area contributed by atoms with Crippen molar-refractivity contribution >= 4 is 0 Å². The molecule has 0 saturated carbocycles. The molecule has 7 heteroatoms. The molecule has 4 heterocycles. The van der Waals surface area contributed by atoms with Crippen molar-refractivity contribution in [3.63, 3.8) is 0 Å². The Morgan fingerprint density at radius 1 is 1.00 bits per heavy atom. The predicted octanol–water partition coefficient (Wildman–Crippen LogP) is 1.48. The van der Waals surface area contributed by atoms with Crippen LogP contribution in [-0.2, 0) is 19.5 Å². The second kappa shape index (κ2) is 6.78. The maximum Gasteiger partial charge on any atom is 0.137 e. The molecule has 2 aromatic rings. The maximum atomic E-state index is 4.55. The Labute approximate surface area is 136 Å². The van der Waals surface area contributed by atoms with Crippen LogP contribution in [-0.4, -0.2) is 54.1 Å². The zero-order chi connectivity index (χ0) is 15.5. The summed E-state index contributed by atoms with van der Waals surface area (Å²) in [5, 5.41) is 13.2. The molecule has 0 aromatic carbocycles. The van der Waals surface area contributed by atoms with Gasteiger partial charge in [-0.1, -0.05) is 6.42 Å². The molecule has 1 fully saturated rings. The molecule has 2 aliphatic rings. The van der Waals surface area contributed by atoms with Gasteiger partial charge in [-0.3, -0.25) is 4.68 Å². The van der Waals surface area contributed by atoms with Crippen molar-refractivity contribution in [1.29, 1.82) is 0 Å². The summed E-state index contributed by atoms with van der Waals surface area (Å²) >= 11 is 0. The average molecular weight is 315 g/mol. The first-order chi connectivity index (χ1) is 11.4. The molecule has 0 N–H and O–H groups in total. The van der Waals surface area contributed by atoms with E-state index >= 15 is 0 Å². The van der Waals surface area contributed by atoms with Crippen LogP contribution in [0.4, 0.5) is 0 Å². The van der Waals surface area contributed by atoms with Crippen LogP contribution in [0.15, 0.2) is 12.7 Å². The smallest absolute Gasteiger partial charge is 0.137 e. The van der Waals surface area contributed by atoms with Crippen LogP contribution in [0.25, 0.3) is 0 Å². The summed E-state index contributed by atoms with van der Waals surface area (Å²) in [6, 6.07) is 0. The first-order valence-corrected chi connectivity index (χ1v) is 8.87. The lowest BCUT2D eigenvalue weighted by Crippen LogP contribution is -2.36. The van der Waals surface area contributed by atoms with Crippen LogP contribution < -0.4 is 0 Å². The molecule has 2 aliphatic heterocycles. The first-order valence-electron chi connectivity index (χ1n) is 8.87. The normalized spacial score (nSPS) is 20.3. The number of aryl methyl sites for hydroxylation is 1. The Kier molecular flexibility index (Phi) is 4.37. The molecule has 0 unspecified atom stereocenters. The average Bonchev–Trinajstić information content (AvgIpc) is 3.19. The summed E-state index contributed by atoms with van der Waals surface area (Å²) in [6.45, 7) is 5.37. The van der Waals surface area contributed by atoms with Crippen LogP contribution in [0.2, 0.25) is 0 Å². The highest BCUT2D eigenvalue weighted by atomic mass is 15.3. The zero-order valence-electron chi connectivity index (χ0n) is 13.6. The van der Waals surface area contributed by atoms with Crippen molar-refractivity contribution in [2.24, 2.45) is 0 Å². The molecule has 0 amide bonds. The molecule has 4 rings (SSSR count). The van der Waals surface area contributed by atoms with Gasteiger partial charge in [-0.05, 0) is 38.8 Å². The summed E-state index contributed by atoms with van der Waals surface area (Å²) in [4.78, 5) is 6.52. The fourth-order valence-electron chi connectivity index (χ4n) is 3.82. The van der Waals surface area contributed by atoms with E-state index in [1.54, 1.807) is 12.7 Å². The van der Waals surface area contributed by atoms with E-state index < -0.39 is 0 Å². The van der Waals surface area contributed by atoms with Gasteiger partial charge < -0.3 is 9.47 Å². The van der Waals surface area contributed by atoms with Crippen molar-refractivity contribution in [3.05, 3.63) is 24.3 Å². The van der Waals surface area contributed by atoms with E-state index in [4.69, 9.17) is 0 Å². The van der Waals surface area contributed by atoms with E-state index in [-0.39, 0.29) is 0 Å². The van der Waals surface area contributed by atoms with Gasteiger partial charge in [0.05, 0.1) is 6.54 Å². The number of hydrogen-bond donors (Lipinski definition) is 0. The van der Waals surface area contributed by atoms with Crippen molar-refractivity contribution < 1.29 is 0 Å². The molecule has 0 bridgehead atoms. The third-order valence-electron chi connectivity index (χ3n) is 5.20. The third kappa shape index (κ3) is 3.29. The summed E-state index contributed by atoms with van der Waals surface area (Å²) < 4.78 is 4.33. The molecule has 0 aliphatic carbocycles. The maximum absolute atomic E-state index is 4.55. The standard InChI is InChI=1S/C16H25N7/c1-2-4-15-19-20-16(23(15)7-3-1)14-5-8-21(9-6-14)10-11-22-13-17-12-18-22/h12-14H,1-11H2. The predicted molar refractivity (Wildman–Crippen MR) is 86.0 cm³/mol. The third-order valence-corrected chi connectivity index (χ3v) is 5.20. The molecule has 0 radical (unpaired) electrons. The number of hydrogen-bond acceptors (Lipinski definition) is 5. The summed E-state index contributed by atoms with van der Waals surface area (Å²) in [5.41, 5.74) is 0. The van der Waals surface area contributed by atoms with Crippen LogP contribution in [0, 0.1) is 0 Å². The molecule has 124 valence electrons. The molecule has 2 aromatic heterocycles. The number of nitrogens with zero attached hydrogens (tertiary/aromatic N) is 7. The van der Waals surface area contributed by atoms with Crippen LogP contribution in [0.3, 0.4) is 0 Å². The number of fused-ring (bicyclic) bond motifs is 1. The fraction of sp³-hybridized carbons (Fsp3) is 0.750. The zero-order valence-corrected chi connectivity index (χ0v) is 13.6. The van der Waals surface area contributed by atoms with Crippen LogP contribution in [0.1, 0.15) is 49.7 Å². The number of aromatic nitrogens is 6. The van der Waals surface area contributed by atoms with Gasteiger partial charge in [-0.2, -0.15) is 5.10 Å². The van der Waals surface area contributed by atoms with E-state index in [0.717, 1.165) is 39.1 Å². The largest absolute Gasteiger partial charge is 0.315 e. The van der Waals surface area contributed by atoms with Crippen molar-refractivity contribution in [3.8, 4) is 0 Å². The van der Waals surface area contributed by atoms with Gasteiger partial charge in [0, 0.05) is 25.4 Å². The quantitative estimate of drug-likeness (QED) is 0.855. The Bertz CT molecular complexity index is 610. The Hall–Kier alpha value is -1.76. The molecular weight excluding hydrogens is 290 g/mol. The molecule has 0 atom stereocenters. The van der Waals surface area contributed by atoms with Gasteiger partial charge in [0.1, 0.15) is 24.3 Å². The van der Waals surface area contributed by atoms with E-state index in [9.17, 15) is 0 Å². The van der Waals surface area contributed by atoms with E-state index in [0.29, 0.717) is 5.92 Å². The highest BCUT2D eigenvalue weighted by Crippen LogP contribution is 2.28. The number of likely N-dealkylation sites (tertiary alicyclic amines) is 1. The molecular formula is C16H25N7. The fourth-order valence-corrected chi connectivity index (χ4v) is 3.82. The second-order valence-corrected chi connectivity index (χ2v) is 6.71. The van der Waals surface area contributed by atoms with Gasteiger partial charge in [0.2, 0.25) is 0 Å².